The molecule has 0 aromatic heterocycles. The second-order valence-electron chi connectivity index (χ2n) is 7.46. The fourth-order valence-corrected chi connectivity index (χ4v) is 4.78. The zero-order valence-electron chi connectivity index (χ0n) is 16.0. The third-order valence-corrected chi connectivity index (χ3v) is 5.98. The van der Waals surface area contributed by atoms with Crippen LogP contribution < -0.4 is 0 Å². The van der Waals surface area contributed by atoms with Gasteiger partial charge in [0.15, 0.2) is 0 Å². The zero-order valence-corrected chi connectivity index (χ0v) is 16.0. The quantitative estimate of drug-likeness (QED) is 0.713. The van der Waals surface area contributed by atoms with Gasteiger partial charge < -0.3 is 9.47 Å². The lowest BCUT2D eigenvalue weighted by atomic mass is 9.79. The molecule has 2 aromatic rings. The number of halogens is 3. The highest BCUT2D eigenvalue weighted by atomic mass is 19.4. The van der Waals surface area contributed by atoms with Gasteiger partial charge in [-0.1, -0.05) is 60.7 Å². The average molecular weight is 405 g/mol. The Morgan fingerprint density at radius 1 is 1.10 bits per heavy atom. The summed E-state index contributed by atoms with van der Waals surface area (Å²) in [6.07, 6.45) is -4.57. The maximum atomic E-state index is 14.6. The smallest absolute Gasteiger partial charge is 0.432 e. The van der Waals surface area contributed by atoms with E-state index in [-0.39, 0.29) is 6.54 Å². The molecule has 7 heteroatoms. The molecule has 2 aromatic carbocycles. The van der Waals surface area contributed by atoms with Gasteiger partial charge in [-0.3, -0.25) is 9.69 Å². The van der Waals surface area contributed by atoms with Crippen LogP contribution in [0.3, 0.4) is 0 Å². The predicted molar refractivity (Wildman–Crippen MR) is 99.9 cm³/mol. The number of carbonyl (C=O) groups excluding carboxylic acids is 1. The van der Waals surface area contributed by atoms with Crippen LogP contribution in [0, 0.1) is 0 Å². The average Bonchev–Trinajstić information content (AvgIpc) is 3.31. The normalized spacial score (nSPS) is 26.3. The van der Waals surface area contributed by atoms with E-state index in [4.69, 9.17) is 4.74 Å². The minimum absolute atomic E-state index is 0.197. The highest BCUT2D eigenvalue weighted by molar-refractivity contribution is 5.71. The van der Waals surface area contributed by atoms with Gasteiger partial charge in [0.05, 0.1) is 19.6 Å². The Labute approximate surface area is 167 Å². The van der Waals surface area contributed by atoms with Crippen LogP contribution in [-0.2, 0) is 19.9 Å². The Balaban J connectivity index is 1.96. The van der Waals surface area contributed by atoms with Crippen molar-refractivity contribution >= 4 is 5.97 Å². The lowest BCUT2D eigenvalue weighted by Gasteiger charge is -2.38. The maximum Gasteiger partial charge on any atom is 0.432 e. The van der Waals surface area contributed by atoms with Crippen molar-refractivity contribution < 1.29 is 27.4 Å². The van der Waals surface area contributed by atoms with Crippen molar-refractivity contribution in [3.63, 3.8) is 0 Å². The molecule has 0 N–H and O–H groups in total. The fourth-order valence-electron chi connectivity index (χ4n) is 4.78. The topological polar surface area (TPSA) is 38.8 Å². The number of hydrogen-bond donors (Lipinski definition) is 0. The fraction of sp³-hybridized carbons (Fsp3) is 0.409. The maximum absolute atomic E-state index is 14.6. The van der Waals surface area contributed by atoms with E-state index in [1.807, 2.05) is 12.1 Å². The van der Waals surface area contributed by atoms with E-state index in [0.29, 0.717) is 24.0 Å². The minimum atomic E-state index is -4.78. The summed E-state index contributed by atoms with van der Waals surface area (Å²) in [6.45, 7) is 0.197. The SMILES string of the molecule is COC(=O)C[C@]1(C(F)(F)F)OC(c2ccccc2)(c2ccccc2)[C@@H]2CCCN21. The number of nitrogens with zero attached hydrogens (tertiary/aromatic N) is 1. The minimum Gasteiger partial charge on any atom is -0.469 e. The van der Waals surface area contributed by atoms with Crippen LogP contribution in [0.2, 0.25) is 0 Å². The molecule has 0 amide bonds. The number of fused-ring (bicyclic) bond motifs is 1. The van der Waals surface area contributed by atoms with E-state index in [1.54, 1.807) is 48.5 Å². The van der Waals surface area contributed by atoms with Crippen molar-refractivity contribution in [2.45, 2.75) is 42.8 Å². The Morgan fingerprint density at radius 2 is 1.66 bits per heavy atom. The predicted octanol–water partition coefficient (Wildman–Crippen LogP) is 4.25. The first-order valence-corrected chi connectivity index (χ1v) is 9.57. The largest absolute Gasteiger partial charge is 0.469 e. The lowest BCUT2D eigenvalue weighted by molar-refractivity contribution is -0.319. The van der Waals surface area contributed by atoms with Crippen molar-refractivity contribution in [1.82, 2.24) is 4.90 Å². The molecule has 0 unspecified atom stereocenters. The molecule has 2 aliphatic rings. The monoisotopic (exact) mass is 405 g/mol. The molecule has 0 aliphatic carbocycles. The summed E-state index contributed by atoms with van der Waals surface area (Å²) in [5.74, 6) is -0.954. The molecule has 0 radical (unpaired) electrons. The number of esters is 1. The Morgan fingerprint density at radius 3 is 2.14 bits per heavy atom. The van der Waals surface area contributed by atoms with Crippen LogP contribution in [0.1, 0.15) is 30.4 Å². The summed E-state index contributed by atoms with van der Waals surface area (Å²) >= 11 is 0. The molecule has 2 atom stereocenters. The van der Waals surface area contributed by atoms with Crippen LogP contribution in [0.15, 0.2) is 60.7 Å². The molecule has 0 saturated carbocycles. The first-order chi connectivity index (χ1) is 13.8. The second kappa shape index (κ2) is 7.15. The number of ether oxygens (including phenoxy) is 2. The van der Waals surface area contributed by atoms with Crippen molar-refractivity contribution in [1.29, 1.82) is 0 Å². The van der Waals surface area contributed by atoms with Gasteiger partial charge in [-0.2, -0.15) is 13.2 Å². The summed E-state index contributed by atoms with van der Waals surface area (Å²) in [6, 6.07) is 17.4. The molecule has 29 heavy (non-hydrogen) atoms. The molecular formula is C22H22F3NO3. The molecule has 2 saturated heterocycles. The molecule has 4 nitrogen and oxygen atoms in total. The molecule has 2 heterocycles. The first-order valence-electron chi connectivity index (χ1n) is 9.57. The summed E-state index contributed by atoms with van der Waals surface area (Å²) in [4.78, 5) is 13.4. The van der Waals surface area contributed by atoms with Crippen LogP contribution in [-0.4, -0.2) is 42.5 Å². The molecule has 2 fully saturated rings. The highest BCUT2D eigenvalue weighted by Gasteiger charge is 2.73. The van der Waals surface area contributed by atoms with E-state index in [0.717, 1.165) is 7.11 Å². The van der Waals surface area contributed by atoms with Gasteiger partial charge in [0.25, 0.3) is 0 Å². The first kappa shape index (κ1) is 19.9. The van der Waals surface area contributed by atoms with Gasteiger partial charge in [-0.15, -0.1) is 0 Å². The Hall–Kier alpha value is -2.38. The number of hydrogen-bond acceptors (Lipinski definition) is 4. The highest BCUT2D eigenvalue weighted by Crippen LogP contribution is 2.59. The van der Waals surface area contributed by atoms with Crippen molar-refractivity contribution in [2.75, 3.05) is 13.7 Å². The summed E-state index contributed by atoms with van der Waals surface area (Å²) < 4.78 is 54.4. The van der Waals surface area contributed by atoms with Crippen LogP contribution >= 0.6 is 0 Å². The van der Waals surface area contributed by atoms with Gasteiger partial charge >= 0.3 is 12.1 Å². The summed E-state index contributed by atoms with van der Waals surface area (Å²) in [7, 11) is 1.09. The molecule has 4 rings (SSSR count). The Kier molecular flexibility index (Phi) is 4.91. The van der Waals surface area contributed by atoms with Gasteiger partial charge in [0, 0.05) is 6.54 Å². The third kappa shape index (κ3) is 2.95. The number of alkyl halides is 3. The van der Waals surface area contributed by atoms with E-state index in [9.17, 15) is 18.0 Å². The van der Waals surface area contributed by atoms with Crippen LogP contribution in [0.5, 0.6) is 0 Å². The van der Waals surface area contributed by atoms with Gasteiger partial charge in [0.1, 0.15) is 5.60 Å². The second-order valence-corrected chi connectivity index (χ2v) is 7.46. The van der Waals surface area contributed by atoms with Crippen LogP contribution in [0.4, 0.5) is 13.2 Å². The number of carbonyl (C=O) groups is 1. The van der Waals surface area contributed by atoms with Crippen molar-refractivity contribution in [3.8, 4) is 0 Å². The summed E-state index contributed by atoms with van der Waals surface area (Å²) in [5, 5.41) is 0. The van der Waals surface area contributed by atoms with E-state index >= 15 is 0 Å². The number of rotatable bonds is 4. The number of methoxy groups -OCH3 is 1. The van der Waals surface area contributed by atoms with E-state index in [2.05, 4.69) is 4.74 Å². The van der Waals surface area contributed by atoms with Crippen molar-refractivity contribution in [3.05, 3.63) is 71.8 Å². The summed E-state index contributed by atoms with van der Waals surface area (Å²) in [5.41, 5.74) is -2.81. The molecule has 0 spiro atoms. The zero-order chi connectivity index (χ0) is 20.7. The van der Waals surface area contributed by atoms with Gasteiger partial charge in [-0.25, -0.2) is 0 Å². The van der Waals surface area contributed by atoms with Gasteiger partial charge in [0.2, 0.25) is 5.72 Å². The number of benzene rings is 2. The molecular weight excluding hydrogens is 383 g/mol. The van der Waals surface area contributed by atoms with Crippen molar-refractivity contribution in [2.24, 2.45) is 0 Å². The third-order valence-electron chi connectivity index (χ3n) is 5.98. The van der Waals surface area contributed by atoms with E-state index < -0.39 is 35.9 Å². The molecule has 2 aliphatic heterocycles. The molecule has 0 bridgehead atoms. The van der Waals surface area contributed by atoms with Crippen LogP contribution in [0.25, 0.3) is 0 Å². The Bertz CT molecular complexity index is 832. The van der Waals surface area contributed by atoms with E-state index in [1.165, 1.54) is 4.90 Å². The lowest BCUT2D eigenvalue weighted by Crippen LogP contribution is -2.58. The van der Waals surface area contributed by atoms with Gasteiger partial charge in [-0.05, 0) is 24.0 Å². The standard InChI is InChI=1S/C22H22F3NO3/c1-28-19(27)15-20(22(23,24)25)26-14-8-13-18(26)21(29-20,16-9-4-2-5-10-16)17-11-6-3-7-12-17/h2-7,9-12,18H,8,13-15H2,1H3/t18-,20+/m0/s1. The molecule has 154 valence electrons.